The molecule has 0 amide bonds. The molecular weight excluding hydrogens is 292 g/mol. The fourth-order valence-electron chi connectivity index (χ4n) is 2.47. The van der Waals surface area contributed by atoms with E-state index < -0.39 is 9.84 Å². The molecule has 1 N–H and O–H groups in total. The lowest BCUT2D eigenvalue weighted by Crippen LogP contribution is -2.39. The van der Waals surface area contributed by atoms with Crippen LogP contribution in [0.5, 0.6) is 0 Å². The molecule has 20 heavy (non-hydrogen) atoms. The van der Waals surface area contributed by atoms with Crippen molar-refractivity contribution in [2.45, 2.75) is 57.2 Å². The maximum Gasteiger partial charge on any atom is 0.153 e. The molecule has 1 atom stereocenters. The van der Waals surface area contributed by atoms with Gasteiger partial charge in [-0.3, -0.25) is 0 Å². The maximum atomic E-state index is 11.4. The Kier molecular flexibility index (Phi) is 4.56. The van der Waals surface area contributed by atoms with E-state index in [0.29, 0.717) is 5.92 Å². The largest absolute Gasteiger partial charge is 0.311 e. The van der Waals surface area contributed by atoms with Crippen molar-refractivity contribution in [3.05, 3.63) is 15.6 Å². The highest BCUT2D eigenvalue weighted by molar-refractivity contribution is 7.90. The summed E-state index contributed by atoms with van der Waals surface area (Å²) >= 11 is 1.58. The van der Waals surface area contributed by atoms with Crippen LogP contribution in [0.2, 0.25) is 0 Å². The minimum Gasteiger partial charge on any atom is -0.311 e. The Morgan fingerprint density at radius 1 is 1.40 bits per heavy atom. The number of hydrogen-bond acceptors (Lipinski definition) is 5. The SMILES string of the molecule is CC(C)(C)NCC1CCCc2sc(CS(C)(=O)=O)nc21. The quantitative estimate of drug-likeness (QED) is 0.927. The summed E-state index contributed by atoms with van der Waals surface area (Å²) in [6, 6.07) is 0. The lowest BCUT2D eigenvalue weighted by Gasteiger charge is -2.27. The molecule has 0 bridgehead atoms. The van der Waals surface area contributed by atoms with E-state index in [1.54, 1.807) is 11.3 Å². The summed E-state index contributed by atoms with van der Waals surface area (Å²) in [5.74, 6) is 0.493. The monoisotopic (exact) mass is 316 g/mol. The molecule has 4 nitrogen and oxygen atoms in total. The van der Waals surface area contributed by atoms with Crippen LogP contribution < -0.4 is 5.32 Å². The van der Waals surface area contributed by atoms with Gasteiger partial charge >= 0.3 is 0 Å². The summed E-state index contributed by atoms with van der Waals surface area (Å²) in [6.07, 6.45) is 4.62. The first kappa shape index (κ1) is 15.9. The molecule has 0 saturated heterocycles. The van der Waals surface area contributed by atoms with E-state index in [-0.39, 0.29) is 11.3 Å². The zero-order valence-electron chi connectivity index (χ0n) is 12.7. The third kappa shape index (κ3) is 4.53. The Morgan fingerprint density at radius 3 is 2.70 bits per heavy atom. The third-order valence-corrected chi connectivity index (χ3v) is 5.49. The first-order chi connectivity index (χ1) is 9.14. The average Bonchev–Trinajstić information content (AvgIpc) is 2.64. The van der Waals surface area contributed by atoms with Crippen molar-refractivity contribution in [3.8, 4) is 0 Å². The number of hydrogen-bond donors (Lipinski definition) is 1. The van der Waals surface area contributed by atoms with E-state index in [9.17, 15) is 8.42 Å². The first-order valence-corrected chi connectivity index (χ1v) is 9.93. The second-order valence-corrected chi connectivity index (χ2v) is 10.0. The van der Waals surface area contributed by atoms with Crippen LogP contribution in [0.3, 0.4) is 0 Å². The average molecular weight is 316 g/mol. The van der Waals surface area contributed by atoms with Crippen LogP contribution in [0.1, 0.15) is 55.1 Å². The molecule has 2 rings (SSSR count). The van der Waals surface area contributed by atoms with E-state index in [4.69, 9.17) is 0 Å². The highest BCUT2D eigenvalue weighted by Gasteiger charge is 2.26. The number of nitrogens with zero attached hydrogens (tertiary/aromatic N) is 1. The predicted molar refractivity (Wildman–Crippen MR) is 84.1 cm³/mol. The molecule has 0 radical (unpaired) electrons. The molecule has 1 aromatic rings. The first-order valence-electron chi connectivity index (χ1n) is 7.05. The van der Waals surface area contributed by atoms with Gasteiger partial charge in [0.25, 0.3) is 0 Å². The summed E-state index contributed by atoms with van der Waals surface area (Å²) in [7, 11) is -3.00. The van der Waals surface area contributed by atoms with Gasteiger partial charge in [-0.15, -0.1) is 11.3 Å². The van der Waals surface area contributed by atoms with Crippen molar-refractivity contribution in [1.82, 2.24) is 10.3 Å². The predicted octanol–water partition coefficient (Wildman–Crippen LogP) is 2.50. The zero-order chi connectivity index (χ0) is 15.0. The zero-order valence-corrected chi connectivity index (χ0v) is 14.3. The second-order valence-electron chi connectivity index (χ2n) is 6.71. The van der Waals surface area contributed by atoms with Gasteiger partial charge in [0.05, 0.1) is 5.69 Å². The number of thiazole rings is 1. The molecule has 1 unspecified atom stereocenters. The Bertz CT molecular complexity index is 570. The maximum absolute atomic E-state index is 11.4. The van der Waals surface area contributed by atoms with Crippen LogP contribution in [0.25, 0.3) is 0 Å². The van der Waals surface area contributed by atoms with E-state index in [1.165, 1.54) is 17.6 Å². The van der Waals surface area contributed by atoms with Crippen molar-refractivity contribution in [2.75, 3.05) is 12.8 Å². The van der Waals surface area contributed by atoms with Crippen LogP contribution in [-0.2, 0) is 22.0 Å². The van der Waals surface area contributed by atoms with Crippen LogP contribution >= 0.6 is 11.3 Å². The summed E-state index contributed by atoms with van der Waals surface area (Å²) < 4.78 is 22.8. The van der Waals surface area contributed by atoms with Crippen LogP contribution in [-0.4, -0.2) is 31.7 Å². The minimum atomic E-state index is -3.00. The van der Waals surface area contributed by atoms with E-state index >= 15 is 0 Å². The van der Waals surface area contributed by atoms with Gasteiger partial charge in [0, 0.05) is 29.1 Å². The van der Waals surface area contributed by atoms with Crippen molar-refractivity contribution >= 4 is 21.2 Å². The van der Waals surface area contributed by atoms with Gasteiger partial charge < -0.3 is 5.32 Å². The summed E-state index contributed by atoms with van der Waals surface area (Å²) in [4.78, 5) is 5.91. The van der Waals surface area contributed by atoms with E-state index in [1.807, 2.05) is 0 Å². The fourth-order valence-corrected chi connectivity index (χ4v) is 4.85. The van der Waals surface area contributed by atoms with Gasteiger partial charge in [-0.1, -0.05) is 0 Å². The summed E-state index contributed by atoms with van der Waals surface area (Å²) in [5.41, 5.74) is 1.24. The molecule has 6 heteroatoms. The Hall–Kier alpha value is -0.460. The number of aryl methyl sites for hydroxylation is 1. The second kappa shape index (κ2) is 5.73. The minimum absolute atomic E-state index is 0.0735. The van der Waals surface area contributed by atoms with Gasteiger partial charge in [-0.05, 0) is 40.0 Å². The van der Waals surface area contributed by atoms with Gasteiger partial charge in [0.1, 0.15) is 10.8 Å². The number of nitrogens with one attached hydrogen (secondary N) is 1. The van der Waals surface area contributed by atoms with E-state index in [0.717, 1.165) is 30.1 Å². The highest BCUT2D eigenvalue weighted by Crippen LogP contribution is 2.35. The normalized spacial score (nSPS) is 19.9. The van der Waals surface area contributed by atoms with E-state index in [2.05, 4.69) is 31.1 Å². The fraction of sp³-hybridized carbons (Fsp3) is 0.786. The molecule has 0 fully saturated rings. The van der Waals surface area contributed by atoms with Crippen molar-refractivity contribution < 1.29 is 8.42 Å². The van der Waals surface area contributed by atoms with Gasteiger partial charge in [0.2, 0.25) is 0 Å². The molecule has 0 aromatic carbocycles. The number of aromatic nitrogens is 1. The van der Waals surface area contributed by atoms with Gasteiger partial charge in [0.15, 0.2) is 9.84 Å². The molecule has 0 aliphatic heterocycles. The molecule has 1 aliphatic carbocycles. The van der Waals surface area contributed by atoms with Gasteiger partial charge in [-0.25, -0.2) is 13.4 Å². The number of fused-ring (bicyclic) bond motifs is 1. The number of sulfone groups is 1. The highest BCUT2D eigenvalue weighted by atomic mass is 32.2. The summed E-state index contributed by atoms with van der Waals surface area (Å²) in [5, 5.41) is 4.29. The Morgan fingerprint density at radius 2 is 2.10 bits per heavy atom. The van der Waals surface area contributed by atoms with Crippen LogP contribution in [0.15, 0.2) is 0 Å². The smallest absolute Gasteiger partial charge is 0.153 e. The van der Waals surface area contributed by atoms with Crippen molar-refractivity contribution in [3.63, 3.8) is 0 Å². The molecule has 114 valence electrons. The molecule has 0 saturated carbocycles. The molecule has 1 aliphatic rings. The van der Waals surface area contributed by atoms with Crippen molar-refractivity contribution in [1.29, 1.82) is 0 Å². The van der Waals surface area contributed by atoms with Crippen LogP contribution in [0, 0.1) is 0 Å². The Balaban J connectivity index is 2.14. The topological polar surface area (TPSA) is 59.1 Å². The summed E-state index contributed by atoms with van der Waals surface area (Å²) in [6.45, 7) is 7.39. The third-order valence-electron chi connectivity index (χ3n) is 3.38. The lowest BCUT2D eigenvalue weighted by molar-refractivity contribution is 0.388. The van der Waals surface area contributed by atoms with Crippen LogP contribution in [0.4, 0.5) is 0 Å². The molecule has 0 spiro atoms. The standard InChI is InChI=1S/C14H24N2O2S2/c1-14(2,3)15-8-10-6-5-7-11-13(10)16-12(19-11)9-20(4,17)18/h10,15H,5-9H2,1-4H3. The van der Waals surface area contributed by atoms with Crippen molar-refractivity contribution in [2.24, 2.45) is 0 Å². The lowest BCUT2D eigenvalue weighted by atomic mass is 9.90. The number of rotatable bonds is 4. The Labute approximate surface area is 125 Å². The molecule has 1 aromatic heterocycles. The molecule has 1 heterocycles. The van der Waals surface area contributed by atoms with Gasteiger partial charge in [-0.2, -0.15) is 0 Å². The molecular formula is C14H24N2O2S2.